The third kappa shape index (κ3) is 4.44. The van der Waals surface area contributed by atoms with Crippen LogP contribution in [-0.4, -0.2) is 72.7 Å². The van der Waals surface area contributed by atoms with Crippen LogP contribution < -0.4 is 11.0 Å². The van der Waals surface area contributed by atoms with E-state index in [2.05, 4.69) is 10.3 Å². The minimum Gasteiger partial charge on any atom is -0.425 e. The molecule has 13 nitrogen and oxygen atoms in total. The molecule has 0 spiro atoms. The molecule has 1 unspecified atom stereocenters. The summed E-state index contributed by atoms with van der Waals surface area (Å²) in [6.07, 6.45) is -4.38. The number of nitrogens with one attached hydrogen (secondary N) is 1. The number of carbonyl (C=O) groups excluding carboxylic acids is 2. The number of aliphatic hydroxyl groups excluding tert-OH is 2. The summed E-state index contributed by atoms with van der Waals surface area (Å²) in [5, 5.41) is 42.5. The summed E-state index contributed by atoms with van der Waals surface area (Å²) in [5.41, 5.74) is -3.52. The first-order valence-corrected chi connectivity index (χ1v) is 9.03. The number of hydrogen-bond acceptors (Lipinski definition) is 11. The number of aromatic nitrogens is 2. The van der Waals surface area contributed by atoms with E-state index in [-0.39, 0.29) is 5.82 Å². The molecule has 1 fully saturated rings. The van der Waals surface area contributed by atoms with E-state index in [1.54, 1.807) is 13.8 Å². The van der Waals surface area contributed by atoms with Crippen LogP contribution in [0.3, 0.4) is 0 Å². The molecule has 0 bridgehead atoms. The molecule has 5 atom stereocenters. The number of esters is 1. The van der Waals surface area contributed by atoms with Crippen molar-refractivity contribution in [3.05, 3.63) is 22.7 Å². The van der Waals surface area contributed by atoms with Gasteiger partial charge < -0.3 is 34.6 Å². The Labute approximate surface area is 170 Å². The van der Waals surface area contributed by atoms with Gasteiger partial charge in [0.15, 0.2) is 5.60 Å². The van der Waals surface area contributed by atoms with Gasteiger partial charge in [0, 0.05) is 13.1 Å². The number of aliphatic hydroxyl groups is 4. The molecule has 1 aromatic heterocycles. The summed E-state index contributed by atoms with van der Waals surface area (Å²) in [6.45, 7) is 4.82. The maximum atomic E-state index is 12.3. The fraction of sp³-hybridized carbons (Fsp3) is 0.647. The maximum Gasteiger partial charge on any atom is 0.415 e. The lowest BCUT2D eigenvalue weighted by molar-refractivity contribution is -0.321. The van der Waals surface area contributed by atoms with Crippen molar-refractivity contribution in [2.45, 2.75) is 57.7 Å². The van der Waals surface area contributed by atoms with Gasteiger partial charge in [0.1, 0.15) is 18.0 Å². The second-order valence-electron chi connectivity index (χ2n) is 7.19. The topological polar surface area (TPSA) is 190 Å². The number of amides is 1. The van der Waals surface area contributed by atoms with E-state index in [0.717, 1.165) is 19.2 Å². The molecule has 13 heteroatoms. The number of nitrogens with zero attached hydrogens (tertiary/aromatic N) is 2. The van der Waals surface area contributed by atoms with Crippen LogP contribution in [0.25, 0.3) is 0 Å². The molecule has 168 valence electrons. The Morgan fingerprint density at radius 1 is 1.33 bits per heavy atom. The lowest BCUT2D eigenvalue weighted by Crippen LogP contribution is -2.58. The zero-order valence-corrected chi connectivity index (χ0v) is 16.8. The predicted molar refractivity (Wildman–Crippen MR) is 97.8 cm³/mol. The molecule has 5 N–H and O–H groups in total. The van der Waals surface area contributed by atoms with Gasteiger partial charge in [-0.15, -0.1) is 0 Å². The molecule has 30 heavy (non-hydrogen) atoms. The number of ether oxygens (including phenoxy) is 3. The zero-order valence-electron chi connectivity index (χ0n) is 16.8. The van der Waals surface area contributed by atoms with Crippen molar-refractivity contribution in [1.29, 1.82) is 0 Å². The summed E-state index contributed by atoms with van der Waals surface area (Å²) in [6, 6.07) is 1.09. The summed E-state index contributed by atoms with van der Waals surface area (Å²) >= 11 is 0. The van der Waals surface area contributed by atoms with Crippen LogP contribution in [0.4, 0.5) is 10.6 Å². The highest BCUT2D eigenvalue weighted by Gasteiger charge is 2.64. The summed E-state index contributed by atoms with van der Waals surface area (Å²) < 4.78 is 15.3. The average molecular weight is 431 g/mol. The highest BCUT2D eigenvalue weighted by Crippen LogP contribution is 2.40. The van der Waals surface area contributed by atoms with Crippen LogP contribution in [0.2, 0.25) is 0 Å². The minimum absolute atomic E-state index is 0.274. The molecule has 0 aliphatic carbocycles. The molecule has 1 saturated heterocycles. The van der Waals surface area contributed by atoms with Crippen LogP contribution in [0.15, 0.2) is 17.1 Å². The van der Waals surface area contributed by atoms with Crippen LogP contribution in [0, 0.1) is 5.92 Å². The Hall–Kier alpha value is -2.58. The monoisotopic (exact) mass is 431 g/mol. The van der Waals surface area contributed by atoms with Crippen molar-refractivity contribution >= 4 is 17.9 Å². The Morgan fingerprint density at radius 2 is 1.97 bits per heavy atom. The number of rotatable bonds is 6. The van der Waals surface area contributed by atoms with Crippen LogP contribution in [-0.2, 0) is 24.9 Å². The van der Waals surface area contributed by atoms with Crippen LogP contribution >= 0.6 is 0 Å². The van der Waals surface area contributed by atoms with Crippen molar-refractivity contribution in [2.75, 3.05) is 11.9 Å². The van der Waals surface area contributed by atoms with Crippen molar-refractivity contribution < 1.29 is 44.2 Å². The number of anilines is 1. The van der Waals surface area contributed by atoms with Gasteiger partial charge in [-0.05, 0) is 13.0 Å². The number of hydrogen-bond donors (Lipinski definition) is 5. The molecule has 0 saturated carbocycles. The molecule has 1 aromatic rings. The first kappa shape index (κ1) is 23.7. The highest BCUT2D eigenvalue weighted by molar-refractivity contribution is 5.83. The van der Waals surface area contributed by atoms with E-state index in [0.29, 0.717) is 4.57 Å². The van der Waals surface area contributed by atoms with Crippen LogP contribution in [0.1, 0.15) is 27.7 Å². The molecular weight excluding hydrogens is 406 g/mol. The molecule has 2 rings (SSSR count). The normalized spacial score (nSPS) is 29.5. The highest BCUT2D eigenvalue weighted by atomic mass is 16.7. The fourth-order valence-electron chi connectivity index (χ4n) is 2.70. The van der Waals surface area contributed by atoms with E-state index in [1.165, 1.54) is 6.92 Å². The standard InChI is InChI=1S/C17H25N3O10/c1-8(2)13(23)28-9(3)29-15(25)19-11-5-6-20(14(24)18-11)17(27)16(4,26)12(22)10(7-21)30-17/h5-6,8-10,12,21-22,26-27H,7H2,1-4H3,(H,18,19,24,25)/t9?,10-,12-,16-,17-/m1/s1. The predicted octanol–water partition coefficient (Wildman–Crippen LogP) is -1.56. The van der Waals surface area contributed by atoms with Gasteiger partial charge in [-0.3, -0.25) is 10.1 Å². The quantitative estimate of drug-likeness (QED) is 0.259. The first-order chi connectivity index (χ1) is 13.8. The third-order valence-electron chi connectivity index (χ3n) is 4.47. The lowest BCUT2D eigenvalue weighted by Gasteiger charge is -2.35. The van der Waals surface area contributed by atoms with Gasteiger partial charge in [0.05, 0.1) is 12.5 Å². The van der Waals surface area contributed by atoms with Crippen LogP contribution in [0.5, 0.6) is 0 Å². The van der Waals surface area contributed by atoms with Gasteiger partial charge in [-0.1, -0.05) is 13.8 Å². The third-order valence-corrected chi connectivity index (χ3v) is 4.47. The summed E-state index contributed by atoms with van der Waals surface area (Å²) in [5.74, 6) is -4.00. The zero-order chi connectivity index (χ0) is 22.9. The SMILES string of the molecule is CC(OC(=O)Nc1ccn([C@]2(O)O[C@H](CO)[C@@H](O)[C@@]2(C)O)c(=O)n1)OC(=O)C(C)C. The molecule has 1 amide bonds. The van der Waals surface area contributed by atoms with Gasteiger partial charge in [0.2, 0.25) is 6.29 Å². The summed E-state index contributed by atoms with van der Waals surface area (Å²) in [4.78, 5) is 39.2. The van der Waals surface area contributed by atoms with E-state index in [9.17, 15) is 34.8 Å². The Kier molecular flexibility index (Phi) is 6.83. The smallest absolute Gasteiger partial charge is 0.415 e. The van der Waals surface area contributed by atoms with Gasteiger partial charge in [0.25, 0.3) is 5.91 Å². The largest absolute Gasteiger partial charge is 0.425 e. The Morgan fingerprint density at radius 3 is 2.47 bits per heavy atom. The van der Waals surface area contributed by atoms with Gasteiger partial charge in [-0.25, -0.2) is 14.2 Å². The van der Waals surface area contributed by atoms with E-state index in [4.69, 9.17) is 14.2 Å². The second-order valence-corrected chi connectivity index (χ2v) is 7.19. The van der Waals surface area contributed by atoms with Gasteiger partial charge in [-0.2, -0.15) is 4.98 Å². The van der Waals surface area contributed by atoms with Crippen molar-refractivity contribution in [3.63, 3.8) is 0 Å². The average Bonchev–Trinajstić information content (AvgIpc) is 2.81. The van der Waals surface area contributed by atoms with E-state index in [1.807, 2.05) is 0 Å². The minimum atomic E-state index is -2.73. The van der Waals surface area contributed by atoms with E-state index >= 15 is 0 Å². The Bertz CT molecular complexity index is 854. The second kappa shape index (κ2) is 8.65. The first-order valence-electron chi connectivity index (χ1n) is 9.03. The summed E-state index contributed by atoms with van der Waals surface area (Å²) in [7, 11) is 0. The molecule has 0 aromatic carbocycles. The number of carbonyl (C=O) groups is 2. The van der Waals surface area contributed by atoms with Crippen molar-refractivity contribution in [3.8, 4) is 0 Å². The molecular formula is C17H25N3O10. The van der Waals surface area contributed by atoms with E-state index < -0.39 is 60.3 Å². The van der Waals surface area contributed by atoms with Crippen molar-refractivity contribution in [2.24, 2.45) is 5.92 Å². The van der Waals surface area contributed by atoms with Gasteiger partial charge >= 0.3 is 17.8 Å². The molecule has 1 aliphatic heterocycles. The molecule has 0 radical (unpaired) electrons. The lowest BCUT2D eigenvalue weighted by atomic mass is 9.94. The molecule has 1 aliphatic rings. The van der Waals surface area contributed by atoms with Crippen molar-refractivity contribution in [1.82, 2.24) is 9.55 Å². The Balaban J connectivity index is 2.13. The molecule has 2 heterocycles. The fourth-order valence-corrected chi connectivity index (χ4v) is 2.70. The maximum absolute atomic E-state index is 12.3.